The lowest BCUT2D eigenvalue weighted by atomic mass is 9.96. The smallest absolute Gasteiger partial charge is 0.271 e. The third-order valence-electron chi connectivity index (χ3n) is 5.11. The lowest BCUT2D eigenvalue weighted by Crippen LogP contribution is -2.23. The van der Waals surface area contributed by atoms with Crippen LogP contribution in [0, 0.1) is 0 Å². The van der Waals surface area contributed by atoms with Crippen LogP contribution in [0.3, 0.4) is 0 Å². The fourth-order valence-corrected chi connectivity index (χ4v) is 3.23. The van der Waals surface area contributed by atoms with Crippen LogP contribution in [0.2, 0.25) is 0 Å². The molecule has 0 saturated heterocycles. The minimum Gasteiger partial charge on any atom is -0.497 e. The Morgan fingerprint density at radius 2 is 1.97 bits per heavy atom. The van der Waals surface area contributed by atoms with Crippen LogP contribution in [0.15, 0.2) is 53.6 Å². The molecule has 4 aromatic rings. The predicted molar refractivity (Wildman–Crippen MR) is 124 cm³/mol. The highest BCUT2D eigenvalue weighted by atomic mass is 16.5. The molecule has 0 fully saturated rings. The molecule has 0 atom stereocenters. The molecule has 0 aliphatic heterocycles. The van der Waals surface area contributed by atoms with Gasteiger partial charge in [0.2, 0.25) is 0 Å². The van der Waals surface area contributed by atoms with Gasteiger partial charge >= 0.3 is 0 Å². The van der Waals surface area contributed by atoms with Crippen LogP contribution in [0.1, 0.15) is 42.6 Å². The summed E-state index contributed by atoms with van der Waals surface area (Å²) in [7, 11) is 3.15. The number of amides is 1. The van der Waals surface area contributed by atoms with E-state index in [0.717, 1.165) is 5.56 Å². The second-order valence-corrected chi connectivity index (χ2v) is 8.57. The molecule has 1 N–H and O–H groups in total. The van der Waals surface area contributed by atoms with Gasteiger partial charge in [-0.05, 0) is 24.3 Å². The Kier molecular flexibility index (Phi) is 6.31. The Morgan fingerprint density at radius 3 is 2.68 bits per heavy atom. The number of hydrogen-bond acceptors (Lipinski definition) is 8. The molecule has 0 bridgehead atoms. The summed E-state index contributed by atoms with van der Waals surface area (Å²) in [6.07, 6.45) is 4.78. The lowest BCUT2D eigenvalue weighted by Gasteiger charge is -2.11. The number of pyridine rings is 1. The Bertz CT molecular complexity index is 1300. The van der Waals surface area contributed by atoms with Crippen LogP contribution in [-0.2, 0) is 12.0 Å². The van der Waals surface area contributed by atoms with E-state index in [-0.39, 0.29) is 23.6 Å². The van der Waals surface area contributed by atoms with Crippen molar-refractivity contribution < 1.29 is 18.8 Å². The van der Waals surface area contributed by atoms with Gasteiger partial charge in [-0.25, -0.2) is 9.97 Å². The monoisotopic (exact) mass is 462 g/mol. The highest BCUT2D eigenvalue weighted by Crippen LogP contribution is 2.27. The summed E-state index contributed by atoms with van der Waals surface area (Å²) < 4.78 is 17.7. The number of rotatable bonds is 7. The maximum Gasteiger partial charge on any atom is 0.271 e. The molecule has 0 saturated carbocycles. The van der Waals surface area contributed by atoms with E-state index in [1.165, 1.54) is 6.33 Å². The van der Waals surface area contributed by atoms with Crippen LogP contribution in [0.4, 0.5) is 0 Å². The van der Waals surface area contributed by atoms with Gasteiger partial charge in [-0.1, -0.05) is 25.9 Å². The lowest BCUT2D eigenvalue weighted by molar-refractivity contribution is 0.0946. The van der Waals surface area contributed by atoms with Gasteiger partial charge in [-0.15, -0.1) is 0 Å². The van der Waals surface area contributed by atoms with Crippen molar-refractivity contribution in [3.8, 4) is 28.8 Å². The molecule has 0 spiro atoms. The summed E-state index contributed by atoms with van der Waals surface area (Å²) in [5, 5.41) is 6.95. The van der Waals surface area contributed by atoms with E-state index < -0.39 is 0 Å². The summed E-state index contributed by atoms with van der Waals surface area (Å²) in [5.74, 6) is 2.43. The molecule has 3 heterocycles. The van der Waals surface area contributed by atoms with E-state index in [9.17, 15) is 4.79 Å². The molecule has 34 heavy (non-hydrogen) atoms. The Balaban J connectivity index is 1.53. The van der Waals surface area contributed by atoms with Crippen LogP contribution in [0.25, 0.3) is 17.3 Å². The minimum atomic E-state index is -0.332. The fraction of sp³-hybridized carbons (Fsp3) is 0.292. The quantitative estimate of drug-likeness (QED) is 0.443. The van der Waals surface area contributed by atoms with E-state index >= 15 is 0 Å². The molecule has 3 aromatic heterocycles. The van der Waals surface area contributed by atoms with Crippen molar-refractivity contribution in [1.29, 1.82) is 0 Å². The third-order valence-corrected chi connectivity index (χ3v) is 5.11. The van der Waals surface area contributed by atoms with Gasteiger partial charge in [0.1, 0.15) is 23.5 Å². The maximum absolute atomic E-state index is 12.7. The largest absolute Gasteiger partial charge is 0.497 e. The molecule has 1 amide bonds. The Morgan fingerprint density at radius 1 is 1.15 bits per heavy atom. The SMILES string of the molecule is COc1ccc(CNC(=O)c2cn(-c3ncccc3-c3nc(C(C)(C)C)no3)cn2)c(OC)c1. The number of carbonyl (C=O) groups excluding carboxylic acids is 1. The number of nitrogens with zero attached hydrogens (tertiary/aromatic N) is 5. The van der Waals surface area contributed by atoms with E-state index in [1.807, 2.05) is 39.0 Å². The van der Waals surface area contributed by atoms with Crippen LogP contribution >= 0.6 is 0 Å². The summed E-state index contributed by atoms with van der Waals surface area (Å²) in [6, 6.07) is 9.03. The highest BCUT2D eigenvalue weighted by molar-refractivity contribution is 5.92. The van der Waals surface area contributed by atoms with Gasteiger partial charge in [0.15, 0.2) is 11.6 Å². The molecule has 10 nitrogen and oxygen atoms in total. The molecule has 4 rings (SSSR count). The first-order chi connectivity index (χ1) is 16.3. The predicted octanol–water partition coefficient (Wildman–Crippen LogP) is 3.56. The minimum absolute atomic E-state index is 0.241. The van der Waals surface area contributed by atoms with Gasteiger partial charge in [0.25, 0.3) is 11.8 Å². The van der Waals surface area contributed by atoms with Gasteiger partial charge in [0.05, 0.1) is 19.8 Å². The zero-order valence-electron chi connectivity index (χ0n) is 19.7. The first-order valence-corrected chi connectivity index (χ1v) is 10.6. The van der Waals surface area contributed by atoms with Crippen LogP contribution in [0.5, 0.6) is 11.5 Å². The number of aromatic nitrogens is 5. The van der Waals surface area contributed by atoms with Gasteiger partial charge < -0.3 is 19.3 Å². The first-order valence-electron chi connectivity index (χ1n) is 10.6. The molecule has 10 heteroatoms. The van der Waals surface area contributed by atoms with Gasteiger partial charge in [-0.2, -0.15) is 4.98 Å². The molecule has 176 valence electrons. The number of nitrogens with one attached hydrogen (secondary N) is 1. The van der Waals surface area contributed by atoms with Crippen molar-refractivity contribution in [2.75, 3.05) is 14.2 Å². The fourth-order valence-electron chi connectivity index (χ4n) is 3.23. The van der Waals surface area contributed by atoms with E-state index in [2.05, 4.69) is 25.4 Å². The van der Waals surface area contributed by atoms with Gasteiger partial charge in [-0.3, -0.25) is 9.36 Å². The number of methoxy groups -OCH3 is 2. The third kappa shape index (κ3) is 4.75. The summed E-state index contributed by atoms with van der Waals surface area (Å²) in [6.45, 7) is 6.29. The van der Waals surface area contributed by atoms with Crippen LogP contribution in [-0.4, -0.2) is 44.8 Å². The average molecular weight is 463 g/mol. The number of ether oxygens (including phenoxy) is 2. The van der Waals surface area contributed by atoms with E-state index in [0.29, 0.717) is 34.6 Å². The molecule has 1 aromatic carbocycles. The Labute approximate surface area is 197 Å². The topological polar surface area (TPSA) is 117 Å². The zero-order valence-corrected chi connectivity index (χ0v) is 19.7. The summed E-state index contributed by atoms with van der Waals surface area (Å²) >= 11 is 0. The molecule has 0 aliphatic rings. The summed E-state index contributed by atoms with van der Waals surface area (Å²) in [4.78, 5) is 25.9. The van der Waals surface area contributed by atoms with Crippen molar-refractivity contribution in [1.82, 2.24) is 30.0 Å². The molecule has 0 unspecified atom stereocenters. The maximum atomic E-state index is 12.7. The van der Waals surface area contributed by atoms with Crippen molar-refractivity contribution in [3.05, 3.63) is 66.1 Å². The zero-order chi connectivity index (χ0) is 24.3. The first kappa shape index (κ1) is 23.0. The molecule has 0 radical (unpaired) electrons. The second-order valence-electron chi connectivity index (χ2n) is 8.57. The summed E-state index contributed by atoms with van der Waals surface area (Å²) in [5.41, 5.74) is 1.44. The van der Waals surface area contributed by atoms with E-state index in [1.54, 1.807) is 43.3 Å². The number of imidazole rings is 1. The Hall–Kier alpha value is -4.21. The normalized spacial score (nSPS) is 11.3. The van der Waals surface area contributed by atoms with Gasteiger partial charge in [0, 0.05) is 36.0 Å². The average Bonchev–Trinajstić information content (AvgIpc) is 3.53. The standard InChI is InChI=1S/C24H26N6O4/c1-24(2,3)23-28-22(34-29-23)17-7-6-10-25-20(17)30-13-18(27-14-30)21(31)26-12-15-8-9-16(32-4)11-19(15)33-5/h6-11,13-14H,12H2,1-5H3,(H,26,31). The number of hydrogen-bond donors (Lipinski definition) is 1. The number of benzene rings is 1. The molecule has 0 aliphatic carbocycles. The van der Waals surface area contributed by atoms with Crippen molar-refractivity contribution in [2.24, 2.45) is 0 Å². The van der Waals surface area contributed by atoms with Crippen LogP contribution < -0.4 is 14.8 Å². The molecular formula is C24H26N6O4. The van der Waals surface area contributed by atoms with Crippen molar-refractivity contribution in [3.63, 3.8) is 0 Å². The number of carbonyl (C=O) groups is 1. The molecular weight excluding hydrogens is 436 g/mol. The van der Waals surface area contributed by atoms with Crippen molar-refractivity contribution in [2.45, 2.75) is 32.7 Å². The second kappa shape index (κ2) is 9.34. The van der Waals surface area contributed by atoms with Crippen molar-refractivity contribution >= 4 is 5.91 Å². The van der Waals surface area contributed by atoms with E-state index in [4.69, 9.17) is 14.0 Å². The highest BCUT2D eigenvalue weighted by Gasteiger charge is 2.23.